The summed E-state index contributed by atoms with van der Waals surface area (Å²) in [6, 6.07) is 3.50. The maximum atomic E-state index is 6.08. The van der Waals surface area contributed by atoms with E-state index in [1.807, 2.05) is 4.57 Å². The van der Waals surface area contributed by atoms with Gasteiger partial charge in [0.2, 0.25) is 5.95 Å². The molecule has 1 aliphatic heterocycles. The standard InChI is InChI=1S/C13H15Cl2N3O2/c1-19-13(2-3-20-7-13)6-18-11-5-9(15)8(14)4-10(11)17-12(18)16/h4-5H,2-3,6-7H2,1H3,(H2,16,17). The number of halogens is 2. The number of rotatable bonds is 3. The first-order valence-electron chi connectivity index (χ1n) is 6.28. The second-order valence-electron chi connectivity index (χ2n) is 5.00. The fraction of sp³-hybridized carbons (Fsp3) is 0.462. The number of nitrogen functional groups attached to an aromatic ring is 1. The lowest BCUT2D eigenvalue weighted by Crippen LogP contribution is -2.37. The molecule has 1 fully saturated rings. The molecule has 1 aromatic carbocycles. The van der Waals surface area contributed by atoms with Crippen molar-refractivity contribution in [1.82, 2.24) is 9.55 Å². The number of nitrogens with zero attached hydrogens (tertiary/aromatic N) is 2. The molecular weight excluding hydrogens is 301 g/mol. The zero-order chi connectivity index (χ0) is 14.3. The van der Waals surface area contributed by atoms with Gasteiger partial charge >= 0.3 is 0 Å². The van der Waals surface area contributed by atoms with E-state index in [-0.39, 0.29) is 5.60 Å². The van der Waals surface area contributed by atoms with E-state index in [9.17, 15) is 0 Å². The van der Waals surface area contributed by atoms with Crippen LogP contribution in [0, 0.1) is 0 Å². The lowest BCUT2D eigenvalue weighted by atomic mass is 10.0. The summed E-state index contributed by atoms with van der Waals surface area (Å²) in [5, 5.41) is 0.948. The van der Waals surface area contributed by atoms with E-state index in [1.54, 1.807) is 19.2 Å². The van der Waals surface area contributed by atoms with Crippen molar-refractivity contribution in [2.75, 3.05) is 26.1 Å². The predicted molar refractivity (Wildman–Crippen MR) is 79.3 cm³/mol. The maximum Gasteiger partial charge on any atom is 0.201 e. The Hall–Kier alpha value is -1.01. The Morgan fingerprint density at radius 1 is 1.45 bits per heavy atom. The molecule has 3 rings (SSSR count). The van der Waals surface area contributed by atoms with Crippen LogP contribution < -0.4 is 5.73 Å². The second kappa shape index (κ2) is 5.07. The van der Waals surface area contributed by atoms with Crippen LogP contribution in [-0.4, -0.2) is 35.5 Å². The Balaban J connectivity index is 2.06. The third-order valence-electron chi connectivity index (χ3n) is 3.77. The minimum Gasteiger partial charge on any atom is -0.378 e. The number of ether oxygens (including phenoxy) is 2. The minimum atomic E-state index is -0.367. The van der Waals surface area contributed by atoms with Gasteiger partial charge in [0.25, 0.3) is 0 Å². The Bertz CT molecular complexity index is 651. The van der Waals surface area contributed by atoms with Crippen molar-refractivity contribution in [2.45, 2.75) is 18.6 Å². The summed E-state index contributed by atoms with van der Waals surface area (Å²) in [4.78, 5) is 4.32. The van der Waals surface area contributed by atoms with E-state index in [2.05, 4.69) is 4.98 Å². The molecule has 0 aliphatic carbocycles. The average Bonchev–Trinajstić information content (AvgIpc) is 2.99. The molecule has 2 aromatic rings. The number of hydrogen-bond donors (Lipinski definition) is 1. The average molecular weight is 316 g/mol. The third-order valence-corrected chi connectivity index (χ3v) is 4.49. The van der Waals surface area contributed by atoms with Gasteiger partial charge in [-0.05, 0) is 12.1 Å². The maximum absolute atomic E-state index is 6.08. The van der Waals surface area contributed by atoms with Crippen LogP contribution in [0.15, 0.2) is 12.1 Å². The molecule has 0 bridgehead atoms. The molecule has 2 N–H and O–H groups in total. The first-order chi connectivity index (χ1) is 9.54. The van der Waals surface area contributed by atoms with Gasteiger partial charge in [0.1, 0.15) is 5.60 Å². The Labute approximate surface area is 126 Å². The van der Waals surface area contributed by atoms with Crippen molar-refractivity contribution in [3.8, 4) is 0 Å². The number of fused-ring (bicyclic) bond motifs is 1. The SMILES string of the molecule is COC1(Cn2c(N)nc3cc(Cl)c(Cl)cc32)CCOC1. The highest BCUT2D eigenvalue weighted by Gasteiger charge is 2.36. The highest BCUT2D eigenvalue weighted by Crippen LogP contribution is 2.32. The van der Waals surface area contributed by atoms with Gasteiger partial charge in [-0.2, -0.15) is 0 Å². The predicted octanol–water partition coefficient (Wildman–Crippen LogP) is 2.73. The molecule has 1 aliphatic rings. The highest BCUT2D eigenvalue weighted by atomic mass is 35.5. The van der Waals surface area contributed by atoms with Crippen LogP contribution in [0.5, 0.6) is 0 Å². The van der Waals surface area contributed by atoms with Crippen LogP contribution in [-0.2, 0) is 16.0 Å². The summed E-state index contributed by atoms with van der Waals surface area (Å²) in [5.74, 6) is 0.418. The molecule has 7 heteroatoms. The smallest absolute Gasteiger partial charge is 0.201 e. The van der Waals surface area contributed by atoms with Gasteiger partial charge in [0.15, 0.2) is 0 Å². The van der Waals surface area contributed by atoms with Crippen LogP contribution >= 0.6 is 23.2 Å². The second-order valence-corrected chi connectivity index (χ2v) is 5.82. The number of methoxy groups -OCH3 is 1. The number of aromatic nitrogens is 2. The van der Waals surface area contributed by atoms with Crippen molar-refractivity contribution in [3.63, 3.8) is 0 Å². The van der Waals surface area contributed by atoms with E-state index in [4.69, 9.17) is 38.4 Å². The van der Waals surface area contributed by atoms with E-state index in [0.717, 1.165) is 17.5 Å². The largest absolute Gasteiger partial charge is 0.378 e. The van der Waals surface area contributed by atoms with E-state index >= 15 is 0 Å². The first kappa shape index (κ1) is 13.9. The Morgan fingerprint density at radius 3 is 2.85 bits per heavy atom. The van der Waals surface area contributed by atoms with E-state index in [0.29, 0.717) is 35.8 Å². The third kappa shape index (κ3) is 2.24. The molecule has 0 amide bonds. The number of benzene rings is 1. The summed E-state index contributed by atoms with van der Waals surface area (Å²) < 4.78 is 13.0. The fourth-order valence-electron chi connectivity index (χ4n) is 2.53. The molecule has 20 heavy (non-hydrogen) atoms. The normalized spacial score (nSPS) is 22.8. The molecule has 2 heterocycles. The zero-order valence-corrected chi connectivity index (χ0v) is 12.5. The van der Waals surface area contributed by atoms with Gasteiger partial charge in [-0.25, -0.2) is 4.98 Å². The molecular formula is C13H15Cl2N3O2. The monoisotopic (exact) mass is 315 g/mol. The molecule has 0 spiro atoms. The van der Waals surface area contributed by atoms with Gasteiger partial charge in [-0.3, -0.25) is 0 Å². The topological polar surface area (TPSA) is 62.3 Å². The number of anilines is 1. The van der Waals surface area contributed by atoms with Gasteiger partial charge in [0, 0.05) is 20.1 Å². The molecule has 108 valence electrons. The number of hydrogen-bond acceptors (Lipinski definition) is 4. The molecule has 0 saturated carbocycles. The molecule has 1 saturated heterocycles. The molecule has 1 aromatic heterocycles. The summed E-state index contributed by atoms with van der Waals surface area (Å²) in [6.07, 6.45) is 0.823. The van der Waals surface area contributed by atoms with Gasteiger partial charge in [-0.15, -0.1) is 0 Å². The first-order valence-corrected chi connectivity index (χ1v) is 7.04. The van der Waals surface area contributed by atoms with Crippen molar-refractivity contribution in [1.29, 1.82) is 0 Å². The van der Waals surface area contributed by atoms with Crippen molar-refractivity contribution >= 4 is 40.2 Å². The van der Waals surface area contributed by atoms with E-state index in [1.165, 1.54) is 0 Å². The van der Waals surface area contributed by atoms with Crippen LogP contribution in [0.1, 0.15) is 6.42 Å². The van der Waals surface area contributed by atoms with Crippen LogP contribution in [0.2, 0.25) is 10.0 Å². The van der Waals surface area contributed by atoms with Crippen LogP contribution in [0.3, 0.4) is 0 Å². The highest BCUT2D eigenvalue weighted by molar-refractivity contribution is 6.42. The summed E-state index contributed by atoms with van der Waals surface area (Å²) in [6.45, 7) is 1.81. The zero-order valence-electron chi connectivity index (χ0n) is 11.0. The molecule has 5 nitrogen and oxygen atoms in total. The molecule has 1 atom stereocenters. The summed E-state index contributed by atoms with van der Waals surface area (Å²) >= 11 is 12.1. The van der Waals surface area contributed by atoms with Crippen molar-refractivity contribution in [2.24, 2.45) is 0 Å². The minimum absolute atomic E-state index is 0.367. The lowest BCUT2D eigenvalue weighted by molar-refractivity contribution is -0.0283. The van der Waals surface area contributed by atoms with Crippen LogP contribution in [0.25, 0.3) is 11.0 Å². The molecule has 1 unspecified atom stereocenters. The summed E-state index contributed by atoms with van der Waals surface area (Å²) in [7, 11) is 1.69. The van der Waals surface area contributed by atoms with Gasteiger partial charge in [0.05, 0.1) is 34.2 Å². The van der Waals surface area contributed by atoms with Crippen LogP contribution in [0.4, 0.5) is 5.95 Å². The van der Waals surface area contributed by atoms with Crippen molar-refractivity contribution < 1.29 is 9.47 Å². The number of nitrogens with two attached hydrogens (primary N) is 1. The quantitative estimate of drug-likeness (QED) is 0.946. The Kier molecular flexibility index (Phi) is 3.54. The summed E-state index contributed by atoms with van der Waals surface area (Å²) in [5.41, 5.74) is 7.22. The van der Waals surface area contributed by atoms with Gasteiger partial charge in [-0.1, -0.05) is 23.2 Å². The molecule has 0 radical (unpaired) electrons. The van der Waals surface area contributed by atoms with Crippen molar-refractivity contribution in [3.05, 3.63) is 22.2 Å². The van der Waals surface area contributed by atoms with E-state index < -0.39 is 0 Å². The van der Waals surface area contributed by atoms with Gasteiger partial charge < -0.3 is 19.8 Å². The number of imidazole rings is 1. The fourth-order valence-corrected chi connectivity index (χ4v) is 2.85. The lowest BCUT2D eigenvalue weighted by Gasteiger charge is -2.26. The Morgan fingerprint density at radius 2 is 2.20 bits per heavy atom.